The van der Waals surface area contributed by atoms with Crippen LogP contribution in [0, 0.1) is 0 Å². The van der Waals surface area contributed by atoms with Gasteiger partial charge in [-0.3, -0.25) is 4.79 Å². The summed E-state index contributed by atoms with van der Waals surface area (Å²) in [7, 11) is 1.62. The van der Waals surface area contributed by atoms with E-state index in [1.54, 1.807) is 7.11 Å². The van der Waals surface area contributed by atoms with Gasteiger partial charge in [0.15, 0.2) is 0 Å². The van der Waals surface area contributed by atoms with Crippen LogP contribution < -0.4 is 10.1 Å². The van der Waals surface area contributed by atoms with Gasteiger partial charge < -0.3 is 10.1 Å². The first-order valence-electron chi connectivity index (χ1n) is 7.63. The third-order valence-electron chi connectivity index (χ3n) is 3.88. The van der Waals surface area contributed by atoms with Gasteiger partial charge in [-0.15, -0.1) is 0 Å². The summed E-state index contributed by atoms with van der Waals surface area (Å²) in [6.45, 7) is 0.0383. The van der Waals surface area contributed by atoms with Crippen LogP contribution in [0.2, 0.25) is 0 Å². The minimum absolute atomic E-state index is 0.0383. The summed E-state index contributed by atoms with van der Waals surface area (Å²) in [5, 5.41) is 1.89. The van der Waals surface area contributed by atoms with Crippen LogP contribution in [0.4, 0.5) is 13.2 Å². The Labute approximate surface area is 133 Å². The van der Waals surface area contributed by atoms with E-state index in [0.29, 0.717) is 6.42 Å². The first kappa shape index (κ1) is 17.4. The summed E-state index contributed by atoms with van der Waals surface area (Å²) in [5.74, 6) is -1.07. The monoisotopic (exact) mass is 327 g/mol. The van der Waals surface area contributed by atoms with Crippen LogP contribution in [-0.2, 0) is 11.2 Å². The summed E-state index contributed by atoms with van der Waals surface area (Å²) in [4.78, 5) is 10.7. The first-order chi connectivity index (χ1) is 10.9. The second-order valence-electron chi connectivity index (χ2n) is 5.50. The zero-order valence-corrected chi connectivity index (χ0v) is 13.0. The molecule has 0 bridgehead atoms. The van der Waals surface area contributed by atoms with Crippen LogP contribution in [0.1, 0.15) is 36.8 Å². The number of hydrogen-bond acceptors (Lipinski definition) is 2. The molecule has 1 aromatic rings. The number of fused-ring (bicyclic) bond motifs is 1. The Morgan fingerprint density at radius 3 is 2.78 bits per heavy atom. The molecule has 0 aliphatic heterocycles. The molecule has 1 N–H and O–H groups in total. The van der Waals surface area contributed by atoms with Gasteiger partial charge >= 0.3 is 12.1 Å². The molecule has 1 aromatic carbocycles. The maximum Gasteiger partial charge on any atom is 0.471 e. The van der Waals surface area contributed by atoms with Gasteiger partial charge in [0, 0.05) is 6.54 Å². The van der Waals surface area contributed by atoms with Crippen molar-refractivity contribution in [1.82, 2.24) is 5.32 Å². The molecule has 0 aromatic heterocycles. The Balaban J connectivity index is 1.83. The summed E-state index contributed by atoms with van der Waals surface area (Å²) < 4.78 is 41.4. The van der Waals surface area contributed by atoms with E-state index >= 15 is 0 Å². The summed E-state index contributed by atoms with van der Waals surface area (Å²) in [6.07, 6.45) is 1.35. The van der Waals surface area contributed by atoms with Crippen LogP contribution >= 0.6 is 0 Å². The predicted octanol–water partition coefficient (Wildman–Crippen LogP) is 3.87. The molecule has 6 heteroatoms. The van der Waals surface area contributed by atoms with Crippen LogP contribution in [0.3, 0.4) is 0 Å². The first-order valence-corrected chi connectivity index (χ1v) is 7.63. The average molecular weight is 327 g/mol. The third kappa shape index (κ3) is 4.74. The molecule has 1 aliphatic rings. The van der Waals surface area contributed by atoms with Gasteiger partial charge in [0.1, 0.15) is 5.75 Å². The lowest BCUT2D eigenvalue weighted by Gasteiger charge is -2.19. The second-order valence-corrected chi connectivity index (χ2v) is 5.50. The zero-order valence-electron chi connectivity index (χ0n) is 13.0. The van der Waals surface area contributed by atoms with Crippen molar-refractivity contribution in [1.29, 1.82) is 0 Å². The summed E-state index contributed by atoms with van der Waals surface area (Å²) >= 11 is 0. The molecule has 0 atom stereocenters. The van der Waals surface area contributed by atoms with Crippen molar-refractivity contribution in [3.8, 4) is 5.75 Å². The fraction of sp³-hybridized carbons (Fsp3) is 0.471. The number of amides is 1. The highest BCUT2D eigenvalue weighted by Crippen LogP contribution is 2.32. The number of unbranched alkanes of at least 4 members (excludes halogenated alkanes) is 1. The topological polar surface area (TPSA) is 38.3 Å². The number of carbonyl (C=O) groups excluding carboxylic acids is 1. The SMILES string of the molecule is COc1ccc2c(c1)C(CCCCNC(=O)C(F)(F)F)=CCC2. The highest BCUT2D eigenvalue weighted by Gasteiger charge is 2.38. The normalized spacial score (nSPS) is 14.0. The number of benzene rings is 1. The van der Waals surface area contributed by atoms with Gasteiger partial charge in [0.25, 0.3) is 0 Å². The Hall–Kier alpha value is -1.98. The number of carbonyl (C=O) groups is 1. The highest BCUT2D eigenvalue weighted by molar-refractivity contribution is 5.81. The number of aryl methyl sites for hydroxylation is 1. The quantitative estimate of drug-likeness (QED) is 0.806. The number of halogens is 3. The fourth-order valence-corrected chi connectivity index (χ4v) is 2.69. The minimum atomic E-state index is -4.80. The summed E-state index contributed by atoms with van der Waals surface area (Å²) in [5.41, 5.74) is 3.64. The molecule has 0 spiro atoms. The molecule has 3 nitrogen and oxygen atoms in total. The Bertz CT molecular complexity index is 594. The number of methoxy groups -OCH3 is 1. The van der Waals surface area contributed by atoms with E-state index in [1.165, 1.54) is 11.1 Å². The Kier molecular flexibility index (Phi) is 5.69. The van der Waals surface area contributed by atoms with Crippen LogP contribution in [-0.4, -0.2) is 25.7 Å². The maximum absolute atomic E-state index is 12.1. The van der Waals surface area contributed by atoms with Gasteiger partial charge in [-0.25, -0.2) is 0 Å². The number of alkyl halides is 3. The van der Waals surface area contributed by atoms with E-state index in [1.807, 2.05) is 17.4 Å². The summed E-state index contributed by atoms with van der Waals surface area (Å²) in [6, 6.07) is 6.00. The molecule has 2 rings (SSSR count). The maximum atomic E-state index is 12.1. The van der Waals surface area contributed by atoms with E-state index in [2.05, 4.69) is 12.1 Å². The lowest BCUT2D eigenvalue weighted by atomic mass is 9.88. The van der Waals surface area contributed by atoms with Crippen molar-refractivity contribution in [3.63, 3.8) is 0 Å². The lowest BCUT2D eigenvalue weighted by Crippen LogP contribution is -2.37. The molecular weight excluding hydrogens is 307 g/mol. The van der Waals surface area contributed by atoms with Gasteiger partial charge in [-0.2, -0.15) is 13.2 Å². The van der Waals surface area contributed by atoms with E-state index in [9.17, 15) is 18.0 Å². The van der Waals surface area contributed by atoms with Crippen molar-refractivity contribution >= 4 is 11.5 Å². The molecule has 0 radical (unpaired) electrons. The third-order valence-corrected chi connectivity index (χ3v) is 3.88. The molecular formula is C17H20F3NO2. The molecule has 0 heterocycles. The molecule has 1 amide bonds. The van der Waals surface area contributed by atoms with E-state index < -0.39 is 12.1 Å². The van der Waals surface area contributed by atoms with E-state index in [-0.39, 0.29) is 6.54 Å². The minimum Gasteiger partial charge on any atom is -0.497 e. The number of allylic oxidation sites excluding steroid dienone is 2. The standard InChI is InChI=1S/C17H20F3NO2/c1-23-14-9-8-13-7-4-6-12(15(13)11-14)5-2-3-10-21-16(22)17(18,19)20/h6,8-9,11H,2-5,7,10H2,1H3,(H,21,22). The molecule has 0 saturated heterocycles. The average Bonchev–Trinajstić information content (AvgIpc) is 2.53. The van der Waals surface area contributed by atoms with Crippen LogP contribution in [0.5, 0.6) is 5.75 Å². The smallest absolute Gasteiger partial charge is 0.471 e. The molecule has 126 valence electrons. The number of rotatable bonds is 6. The molecule has 1 aliphatic carbocycles. The molecule has 0 unspecified atom stereocenters. The number of hydrogen-bond donors (Lipinski definition) is 1. The van der Waals surface area contributed by atoms with Gasteiger partial charge in [-0.05, 0) is 60.9 Å². The van der Waals surface area contributed by atoms with Gasteiger partial charge in [0.05, 0.1) is 7.11 Å². The molecule has 0 fully saturated rings. The molecule has 23 heavy (non-hydrogen) atoms. The predicted molar refractivity (Wildman–Crippen MR) is 82.2 cm³/mol. The van der Waals surface area contributed by atoms with Gasteiger partial charge in [0.2, 0.25) is 0 Å². The highest BCUT2D eigenvalue weighted by atomic mass is 19.4. The van der Waals surface area contributed by atoms with Crippen molar-refractivity contribution in [2.45, 2.75) is 38.3 Å². The van der Waals surface area contributed by atoms with Crippen molar-refractivity contribution in [3.05, 3.63) is 35.4 Å². The van der Waals surface area contributed by atoms with Crippen molar-refractivity contribution < 1.29 is 22.7 Å². The van der Waals surface area contributed by atoms with E-state index in [0.717, 1.165) is 37.0 Å². The zero-order chi connectivity index (χ0) is 16.9. The Morgan fingerprint density at radius 1 is 1.30 bits per heavy atom. The van der Waals surface area contributed by atoms with Crippen LogP contribution in [0.15, 0.2) is 24.3 Å². The van der Waals surface area contributed by atoms with Crippen LogP contribution in [0.25, 0.3) is 5.57 Å². The lowest BCUT2D eigenvalue weighted by molar-refractivity contribution is -0.173. The molecule has 0 saturated carbocycles. The van der Waals surface area contributed by atoms with Crippen molar-refractivity contribution in [2.75, 3.05) is 13.7 Å². The largest absolute Gasteiger partial charge is 0.497 e. The number of ether oxygens (including phenoxy) is 1. The van der Waals surface area contributed by atoms with E-state index in [4.69, 9.17) is 4.74 Å². The Morgan fingerprint density at radius 2 is 2.09 bits per heavy atom. The van der Waals surface area contributed by atoms with Gasteiger partial charge in [-0.1, -0.05) is 12.1 Å². The second kappa shape index (κ2) is 7.53. The number of nitrogens with one attached hydrogen (secondary N) is 1. The fourth-order valence-electron chi connectivity index (χ4n) is 2.69. The van der Waals surface area contributed by atoms with Crippen molar-refractivity contribution in [2.24, 2.45) is 0 Å².